The van der Waals surface area contributed by atoms with Gasteiger partial charge in [-0.2, -0.15) is 5.26 Å². The zero-order valence-corrected chi connectivity index (χ0v) is 22.0. The number of carbonyl (C=O) groups excluding carboxylic acids is 2. The summed E-state index contributed by atoms with van der Waals surface area (Å²) in [6.07, 6.45) is 0.528. The molecule has 6 nitrogen and oxygen atoms in total. The number of aromatic nitrogens is 1. The van der Waals surface area contributed by atoms with Crippen molar-refractivity contribution in [3.8, 4) is 28.5 Å². The average molecular weight is 522 g/mol. The van der Waals surface area contributed by atoms with Crippen molar-refractivity contribution in [2.45, 2.75) is 30.5 Å². The third kappa shape index (κ3) is 6.28. The number of esters is 1. The number of hydrogen-bond donors (Lipinski definition) is 1. The molecule has 1 N–H and O–H groups in total. The molecule has 1 amide bonds. The molecule has 0 aliphatic heterocycles. The molecule has 1 heterocycles. The molecule has 0 radical (unpaired) electrons. The van der Waals surface area contributed by atoms with Crippen LogP contribution >= 0.6 is 11.8 Å². The molecule has 0 spiro atoms. The van der Waals surface area contributed by atoms with Crippen LogP contribution in [0.2, 0.25) is 0 Å². The van der Waals surface area contributed by atoms with Crippen molar-refractivity contribution in [1.82, 2.24) is 4.98 Å². The van der Waals surface area contributed by atoms with E-state index in [2.05, 4.69) is 11.4 Å². The average Bonchev–Trinajstić information content (AvgIpc) is 2.96. The Morgan fingerprint density at radius 3 is 2.16 bits per heavy atom. The van der Waals surface area contributed by atoms with Gasteiger partial charge in [-0.1, -0.05) is 79.3 Å². The summed E-state index contributed by atoms with van der Waals surface area (Å²) in [4.78, 5) is 30.0. The Kier molecular flexibility index (Phi) is 8.91. The third-order valence-corrected chi connectivity index (χ3v) is 7.18. The molecule has 190 valence electrons. The highest BCUT2D eigenvalue weighted by molar-refractivity contribution is 8.00. The van der Waals surface area contributed by atoms with Crippen molar-refractivity contribution in [2.24, 2.45) is 0 Å². The Labute approximate surface area is 226 Å². The molecule has 1 unspecified atom stereocenters. The summed E-state index contributed by atoms with van der Waals surface area (Å²) in [5.74, 6) is -0.617. The lowest BCUT2D eigenvalue weighted by Crippen LogP contribution is -2.25. The zero-order valence-electron chi connectivity index (χ0n) is 21.2. The molecule has 1 atom stereocenters. The smallest absolute Gasteiger partial charge is 0.338 e. The van der Waals surface area contributed by atoms with Crippen LogP contribution in [0.5, 0.6) is 0 Å². The number of ether oxygens (including phenoxy) is 1. The van der Waals surface area contributed by atoms with Gasteiger partial charge in [-0.15, -0.1) is 0 Å². The molecule has 0 fully saturated rings. The lowest BCUT2D eigenvalue weighted by atomic mass is 9.99. The van der Waals surface area contributed by atoms with Crippen LogP contribution in [-0.4, -0.2) is 28.7 Å². The van der Waals surface area contributed by atoms with Gasteiger partial charge < -0.3 is 10.1 Å². The molecular weight excluding hydrogens is 494 g/mol. The Morgan fingerprint density at radius 2 is 1.58 bits per heavy atom. The molecule has 0 aliphatic carbocycles. The fourth-order valence-corrected chi connectivity index (χ4v) is 4.93. The van der Waals surface area contributed by atoms with E-state index in [1.807, 2.05) is 73.7 Å². The van der Waals surface area contributed by atoms with Gasteiger partial charge >= 0.3 is 5.97 Å². The van der Waals surface area contributed by atoms with Gasteiger partial charge in [-0.25, -0.2) is 9.78 Å². The fourth-order valence-electron chi connectivity index (χ4n) is 3.90. The first kappa shape index (κ1) is 26.6. The second-order valence-electron chi connectivity index (χ2n) is 8.38. The van der Waals surface area contributed by atoms with Crippen molar-refractivity contribution in [3.63, 3.8) is 0 Å². The zero-order chi connectivity index (χ0) is 26.9. The summed E-state index contributed by atoms with van der Waals surface area (Å²) in [5, 5.41) is 13.1. The number of nitrogens with one attached hydrogen (secondary N) is 1. The second kappa shape index (κ2) is 12.7. The van der Waals surface area contributed by atoms with E-state index in [0.29, 0.717) is 34.9 Å². The SMILES string of the molecule is CCOC(=O)c1ccc(NC(=O)C(CC)Sc2nc(-c3ccccc3)cc(-c3ccccc3)c2C#N)cc1. The lowest BCUT2D eigenvalue weighted by Gasteiger charge is -2.17. The number of thioether (sulfide) groups is 1. The van der Waals surface area contributed by atoms with Crippen molar-refractivity contribution in [1.29, 1.82) is 5.26 Å². The van der Waals surface area contributed by atoms with Gasteiger partial charge in [-0.05, 0) is 49.2 Å². The van der Waals surface area contributed by atoms with Gasteiger partial charge in [0.15, 0.2) is 0 Å². The van der Waals surface area contributed by atoms with E-state index in [0.717, 1.165) is 22.4 Å². The summed E-state index contributed by atoms with van der Waals surface area (Å²) < 4.78 is 5.01. The second-order valence-corrected chi connectivity index (χ2v) is 9.57. The molecule has 0 saturated heterocycles. The Hall–Kier alpha value is -4.41. The van der Waals surface area contributed by atoms with E-state index in [-0.39, 0.29) is 5.91 Å². The largest absolute Gasteiger partial charge is 0.462 e. The minimum Gasteiger partial charge on any atom is -0.462 e. The molecule has 7 heteroatoms. The summed E-state index contributed by atoms with van der Waals surface area (Å²) in [6.45, 7) is 3.97. The van der Waals surface area contributed by atoms with Crippen LogP contribution in [0, 0.1) is 11.3 Å². The summed E-state index contributed by atoms with van der Waals surface area (Å²) in [5.41, 5.74) is 4.76. The number of nitriles is 1. The molecule has 4 aromatic rings. The number of pyridine rings is 1. The molecule has 38 heavy (non-hydrogen) atoms. The first-order valence-corrected chi connectivity index (χ1v) is 13.2. The van der Waals surface area contributed by atoms with Crippen molar-refractivity contribution >= 4 is 29.3 Å². The highest BCUT2D eigenvalue weighted by Gasteiger charge is 2.23. The molecule has 4 rings (SSSR count). The highest BCUT2D eigenvalue weighted by atomic mass is 32.2. The number of benzene rings is 3. The number of carbonyl (C=O) groups is 2. The monoisotopic (exact) mass is 521 g/mol. The topological polar surface area (TPSA) is 92.1 Å². The van der Waals surface area contributed by atoms with Gasteiger partial charge in [0.05, 0.1) is 28.7 Å². The van der Waals surface area contributed by atoms with Crippen LogP contribution in [0.3, 0.4) is 0 Å². The maximum absolute atomic E-state index is 13.2. The van der Waals surface area contributed by atoms with Crippen LogP contribution in [0.15, 0.2) is 96.0 Å². The summed E-state index contributed by atoms with van der Waals surface area (Å²) in [6, 6.07) is 30.3. The maximum Gasteiger partial charge on any atom is 0.338 e. The van der Waals surface area contributed by atoms with Gasteiger partial charge in [0.2, 0.25) is 5.91 Å². The Bertz CT molecular complexity index is 1450. The van der Waals surface area contributed by atoms with Crippen LogP contribution in [0.25, 0.3) is 22.4 Å². The molecule has 1 aromatic heterocycles. The Balaban J connectivity index is 1.65. The van der Waals surface area contributed by atoms with E-state index < -0.39 is 11.2 Å². The quantitative estimate of drug-likeness (QED) is 0.189. The number of nitrogens with zero attached hydrogens (tertiary/aromatic N) is 2. The predicted molar refractivity (Wildman–Crippen MR) is 151 cm³/mol. The molecule has 0 bridgehead atoms. The first-order chi connectivity index (χ1) is 18.5. The van der Waals surface area contributed by atoms with E-state index in [9.17, 15) is 14.9 Å². The number of amides is 1. The fraction of sp³-hybridized carbons (Fsp3) is 0.161. The Morgan fingerprint density at radius 1 is 0.947 bits per heavy atom. The molecule has 3 aromatic carbocycles. The number of anilines is 1. The van der Waals surface area contributed by atoms with Gasteiger partial charge in [0.25, 0.3) is 0 Å². The van der Waals surface area contributed by atoms with Crippen LogP contribution in [0.1, 0.15) is 36.2 Å². The summed E-state index contributed by atoms with van der Waals surface area (Å²) in [7, 11) is 0. The van der Waals surface area contributed by atoms with E-state index in [1.165, 1.54) is 11.8 Å². The van der Waals surface area contributed by atoms with Crippen LogP contribution in [-0.2, 0) is 9.53 Å². The minimum atomic E-state index is -0.492. The normalized spacial score (nSPS) is 11.3. The van der Waals surface area contributed by atoms with E-state index in [4.69, 9.17) is 9.72 Å². The van der Waals surface area contributed by atoms with Gasteiger partial charge in [0, 0.05) is 16.8 Å². The molecular formula is C31H27N3O3S. The van der Waals surface area contributed by atoms with Crippen LogP contribution in [0.4, 0.5) is 5.69 Å². The summed E-state index contributed by atoms with van der Waals surface area (Å²) >= 11 is 1.28. The highest BCUT2D eigenvalue weighted by Crippen LogP contribution is 2.36. The third-order valence-electron chi connectivity index (χ3n) is 5.83. The standard InChI is InChI=1S/C31H27N3O3S/c1-3-28(29(35)33-24-17-15-23(16-18-24)31(36)37-4-2)38-30-26(20-32)25(21-11-7-5-8-12-21)19-27(34-30)22-13-9-6-10-14-22/h5-19,28H,3-4H2,1-2H3,(H,33,35). The van der Waals surface area contributed by atoms with Crippen LogP contribution < -0.4 is 5.32 Å². The van der Waals surface area contributed by atoms with E-state index >= 15 is 0 Å². The molecule has 0 aliphatic rings. The van der Waals surface area contributed by atoms with Gasteiger partial charge in [0.1, 0.15) is 11.1 Å². The maximum atomic E-state index is 13.2. The minimum absolute atomic E-state index is 0.210. The first-order valence-electron chi connectivity index (χ1n) is 12.3. The van der Waals surface area contributed by atoms with Crippen molar-refractivity contribution < 1.29 is 14.3 Å². The lowest BCUT2D eigenvalue weighted by molar-refractivity contribution is -0.115. The molecule has 0 saturated carbocycles. The van der Waals surface area contributed by atoms with E-state index in [1.54, 1.807) is 31.2 Å². The number of hydrogen-bond acceptors (Lipinski definition) is 6. The van der Waals surface area contributed by atoms with Crippen molar-refractivity contribution in [3.05, 3.63) is 102 Å². The number of rotatable bonds is 9. The predicted octanol–water partition coefficient (Wildman–Crippen LogP) is 6.97. The van der Waals surface area contributed by atoms with Crippen molar-refractivity contribution in [2.75, 3.05) is 11.9 Å². The van der Waals surface area contributed by atoms with Gasteiger partial charge in [-0.3, -0.25) is 4.79 Å².